The zero-order valence-electron chi connectivity index (χ0n) is 7.30. The summed E-state index contributed by atoms with van der Waals surface area (Å²) in [5, 5.41) is 17.4. The minimum absolute atomic E-state index is 0.534. The van der Waals surface area contributed by atoms with Crippen molar-refractivity contribution in [1.82, 2.24) is 5.48 Å². The summed E-state index contributed by atoms with van der Waals surface area (Å²) < 4.78 is 0. The molecule has 0 saturated carbocycles. The highest BCUT2D eigenvalue weighted by Gasteiger charge is 2.44. The van der Waals surface area contributed by atoms with Gasteiger partial charge < -0.3 is 10.3 Å². The average molecular weight is 161 g/mol. The summed E-state index contributed by atoms with van der Waals surface area (Å²) in [6.45, 7) is 6.66. The molecule has 0 aromatic heterocycles. The maximum absolute atomic E-state index is 10.7. The number of rotatable bonds is 2. The van der Waals surface area contributed by atoms with E-state index in [-0.39, 0.29) is 0 Å². The number of carboxylic acid groups (broad SMARTS) is 1. The van der Waals surface area contributed by atoms with Crippen molar-refractivity contribution < 1.29 is 15.1 Å². The van der Waals surface area contributed by atoms with E-state index in [1.807, 2.05) is 5.48 Å². The Morgan fingerprint density at radius 1 is 1.27 bits per heavy atom. The first kappa shape index (κ1) is 10.4. The number of hydrogen-bond donors (Lipinski definition) is 3. The fourth-order valence-electron chi connectivity index (χ4n) is 0.536. The van der Waals surface area contributed by atoms with Crippen LogP contribution in [0, 0.1) is 5.41 Å². The van der Waals surface area contributed by atoms with Crippen molar-refractivity contribution >= 4 is 5.97 Å². The number of aliphatic carboxylic acids is 1. The zero-order chi connectivity index (χ0) is 9.28. The van der Waals surface area contributed by atoms with Gasteiger partial charge in [0.25, 0.3) is 0 Å². The van der Waals surface area contributed by atoms with E-state index >= 15 is 0 Å². The van der Waals surface area contributed by atoms with Crippen LogP contribution >= 0.6 is 0 Å². The van der Waals surface area contributed by atoms with E-state index < -0.39 is 16.9 Å². The summed E-state index contributed by atoms with van der Waals surface area (Å²) in [6, 6.07) is 0. The van der Waals surface area contributed by atoms with Crippen LogP contribution in [0.5, 0.6) is 0 Å². The molecule has 0 aliphatic heterocycles. The molecule has 1 unspecified atom stereocenters. The largest absolute Gasteiger partial charge is 0.480 e. The summed E-state index contributed by atoms with van der Waals surface area (Å²) in [7, 11) is 0. The summed E-state index contributed by atoms with van der Waals surface area (Å²) in [5.41, 5.74) is -0.0145. The number of hydrogen-bond acceptors (Lipinski definition) is 3. The maximum Gasteiger partial charge on any atom is 0.326 e. The quantitative estimate of drug-likeness (QED) is 0.525. The second kappa shape index (κ2) is 2.79. The molecular formula is C7H15NO3. The van der Waals surface area contributed by atoms with Crippen molar-refractivity contribution in [3.05, 3.63) is 0 Å². The molecule has 0 heterocycles. The summed E-state index contributed by atoms with van der Waals surface area (Å²) in [6.07, 6.45) is 0. The van der Waals surface area contributed by atoms with Crippen LogP contribution in [0.15, 0.2) is 0 Å². The topological polar surface area (TPSA) is 69.6 Å². The second-order valence-electron chi connectivity index (χ2n) is 3.79. The highest BCUT2D eigenvalue weighted by atomic mass is 16.5. The van der Waals surface area contributed by atoms with Crippen LogP contribution < -0.4 is 5.48 Å². The summed E-state index contributed by atoms with van der Waals surface area (Å²) in [5.74, 6) is -1.06. The van der Waals surface area contributed by atoms with E-state index in [0.29, 0.717) is 0 Å². The summed E-state index contributed by atoms with van der Waals surface area (Å²) in [4.78, 5) is 10.7. The Morgan fingerprint density at radius 2 is 1.64 bits per heavy atom. The van der Waals surface area contributed by atoms with Crippen LogP contribution in [0.1, 0.15) is 27.7 Å². The SMILES string of the molecule is CC(C)(C)C(C)(NO)C(=O)O. The third-order valence-corrected chi connectivity index (χ3v) is 2.15. The van der Waals surface area contributed by atoms with Crippen LogP contribution in [0.4, 0.5) is 0 Å². The first-order valence-electron chi connectivity index (χ1n) is 3.40. The fraction of sp³-hybridized carbons (Fsp3) is 0.857. The average Bonchev–Trinajstić information content (AvgIpc) is 1.83. The Kier molecular flexibility index (Phi) is 2.64. The lowest BCUT2D eigenvalue weighted by molar-refractivity contribution is -0.155. The first-order valence-corrected chi connectivity index (χ1v) is 3.40. The lowest BCUT2D eigenvalue weighted by atomic mass is 9.75. The Bertz CT molecular complexity index is 162. The molecule has 1 atom stereocenters. The molecule has 0 aromatic rings. The molecule has 66 valence electrons. The third-order valence-electron chi connectivity index (χ3n) is 2.15. The van der Waals surface area contributed by atoms with E-state index in [1.54, 1.807) is 20.8 Å². The zero-order valence-corrected chi connectivity index (χ0v) is 7.30. The van der Waals surface area contributed by atoms with E-state index in [0.717, 1.165) is 0 Å². The van der Waals surface area contributed by atoms with Gasteiger partial charge >= 0.3 is 5.97 Å². The lowest BCUT2D eigenvalue weighted by Crippen LogP contribution is -2.57. The second-order valence-corrected chi connectivity index (χ2v) is 3.79. The Morgan fingerprint density at radius 3 is 1.64 bits per heavy atom. The minimum atomic E-state index is -1.30. The van der Waals surface area contributed by atoms with Gasteiger partial charge in [-0.25, -0.2) is 0 Å². The van der Waals surface area contributed by atoms with Gasteiger partial charge in [0, 0.05) is 0 Å². The van der Waals surface area contributed by atoms with Crippen molar-refractivity contribution in [1.29, 1.82) is 0 Å². The number of nitrogens with one attached hydrogen (secondary N) is 1. The van der Waals surface area contributed by atoms with Gasteiger partial charge in [0.15, 0.2) is 0 Å². The van der Waals surface area contributed by atoms with Crippen molar-refractivity contribution in [3.63, 3.8) is 0 Å². The molecule has 0 fully saturated rings. The fourth-order valence-corrected chi connectivity index (χ4v) is 0.536. The maximum atomic E-state index is 10.7. The molecule has 3 N–H and O–H groups in total. The van der Waals surface area contributed by atoms with Crippen molar-refractivity contribution in [2.75, 3.05) is 0 Å². The molecule has 11 heavy (non-hydrogen) atoms. The molecular weight excluding hydrogens is 146 g/mol. The normalized spacial score (nSPS) is 17.5. The van der Waals surface area contributed by atoms with Crippen LogP contribution in [-0.2, 0) is 4.79 Å². The minimum Gasteiger partial charge on any atom is -0.480 e. The summed E-state index contributed by atoms with van der Waals surface area (Å²) >= 11 is 0. The van der Waals surface area contributed by atoms with Gasteiger partial charge in [-0.2, -0.15) is 5.48 Å². The third kappa shape index (κ3) is 1.70. The van der Waals surface area contributed by atoms with Crippen LogP contribution in [0.2, 0.25) is 0 Å². The number of carboxylic acids is 1. The number of hydroxylamine groups is 1. The van der Waals surface area contributed by atoms with E-state index in [1.165, 1.54) is 6.92 Å². The first-order chi connectivity index (χ1) is 4.75. The standard InChI is InChI=1S/C7H15NO3/c1-6(2,3)7(4,8-11)5(9)10/h8,11H,1-4H3,(H,9,10). The van der Waals surface area contributed by atoms with Gasteiger partial charge in [0.05, 0.1) is 0 Å². The molecule has 0 aromatic carbocycles. The van der Waals surface area contributed by atoms with Gasteiger partial charge in [0.2, 0.25) is 0 Å². The van der Waals surface area contributed by atoms with Gasteiger partial charge in [-0.3, -0.25) is 4.79 Å². The Labute approximate surface area is 66.2 Å². The Hall–Kier alpha value is -0.610. The molecule has 0 spiro atoms. The van der Waals surface area contributed by atoms with Crippen LogP contribution in [0.3, 0.4) is 0 Å². The molecule has 4 nitrogen and oxygen atoms in total. The van der Waals surface area contributed by atoms with Crippen molar-refractivity contribution in [2.24, 2.45) is 5.41 Å². The molecule has 0 rings (SSSR count). The predicted molar refractivity (Wildman–Crippen MR) is 40.4 cm³/mol. The van der Waals surface area contributed by atoms with E-state index in [4.69, 9.17) is 10.3 Å². The van der Waals surface area contributed by atoms with Crippen molar-refractivity contribution in [3.8, 4) is 0 Å². The van der Waals surface area contributed by atoms with Gasteiger partial charge in [-0.1, -0.05) is 20.8 Å². The smallest absolute Gasteiger partial charge is 0.326 e. The predicted octanol–water partition coefficient (Wildman–Crippen LogP) is 0.855. The van der Waals surface area contributed by atoms with Crippen LogP contribution in [0.25, 0.3) is 0 Å². The molecule has 4 heteroatoms. The molecule has 0 bridgehead atoms. The van der Waals surface area contributed by atoms with Crippen LogP contribution in [-0.4, -0.2) is 21.8 Å². The van der Waals surface area contributed by atoms with E-state index in [2.05, 4.69) is 0 Å². The van der Waals surface area contributed by atoms with Gasteiger partial charge in [0.1, 0.15) is 5.54 Å². The molecule has 0 aliphatic rings. The number of carbonyl (C=O) groups is 1. The van der Waals surface area contributed by atoms with Crippen molar-refractivity contribution in [2.45, 2.75) is 33.2 Å². The molecule has 0 saturated heterocycles. The van der Waals surface area contributed by atoms with E-state index in [9.17, 15) is 4.79 Å². The highest BCUT2D eigenvalue weighted by Crippen LogP contribution is 2.29. The molecule has 0 radical (unpaired) electrons. The molecule has 0 aliphatic carbocycles. The Balaban J connectivity index is 4.75. The van der Waals surface area contributed by atoms with Gasteiger partial charge in [-0.15, -0.1) is 0 Å². The highest BCUT2D eigenvalue weighted by molar-refractivity contribution is 5.79. The lowest BCUT2D eigenvalue weighted by Gasteiger charge is -2.36. The van der Waals surface area contributed by atoms with Gasteiger partial charge in [-0.05, 0) is 12.3 Å². The molecule has 0 amide bonds. The monoisotopic (exact) mass is 161 g/mol.